The van der Waals surface area contributed by atoms with E-state index in [9.17, 15) is 14.9 Å². The van der Waals surface area contributed by atoms with Crippen molar-refractivity contribution >= 4 is 23.1 Å². The van der Waals surface area contributed by atoms with Crippen molar-refractivity contribution in [1.82, 2.24) is 0 Å². The molecule has 76 valence electrons. The highest BCUT2D eigenvalue weighted by Crippen LogP contribution is 2.24. The highest BCUT2D eigenvalue weighted by Gasteiger charge is 2.32. The van der Waals surface area contributed by atoms with Crippen LogP contribution in [0.1, 0.15) is 6.42 Å². The highest BCUT2D eigenvalue weighted by molar-refractivity contribution is 7.80. The minimum atomic E-state index is -1.43. The number of hydrogen-bond donors (Lipinski definition) is 1. The Balaban J connectivity index is 3.43. The van der Waals surface area contributed by atoms with Gasteiger partial charge in [-0.2, -0.15) is 5.26 Å². The van der Waals surface area contributed by atoms with E-state index in [0.717, 1.165) is 6.08 Å². The van der Waals surface area contributed by atoms with Crippen LogP contribution >= 0.6 is 12.2 Å². The molecule has 0 atom stereocenters. The molecule has 1 N–H and O–H groups in total. The number of carbonyl (C=O) groups is 1. The third-order valence-electron chi connectivity index (χ3n) is 1.76. The van der Waals surface area contributed by atoms with Gasteiger partial charge in [0.15, 0.2) is 0 Å². The van der Waals surface area contributed by atoms with Gasteiger partial charge in [0, 0.05) is 11.3 Å². The summed E-state index contributed by atoms with van der Waals surface area (Å²) < 4.78 is 0. The molecule has 0 aliphatic heterocycles. The summed E-state index contributed by atoms with van der Waals surface area (Å²) in [4.78, 5) is 20.6. The van der Waals surface area contributed by atoms with Crippen molar-refractivity contribution in [2.45, 2.75) is 6.42 Å². The summed E-state index contributed by atoms with van der Waals surface area (Å²) in [7, 11) is 0. The Morgan fingerprint density at radius 1 is 1.73 bits per heavy atom. The summed E-state index contributed by atoms with van der Waals surface area (Å²) in [6.07, 6.45) is 0.964. The van der Waals surface area contributed by atoms with Crippen LogP contribution in [0.5, 0.6) is 0 Å². The second-order valence-corrected chi connectivity index (χ2v) is 3.23. The fourth-order valence-electron chi connectivity index (χ4n) is 1.17. The average molecular weight is 224 g/mol. The third kappa shape index (κ3) is 2.05. The third-order valence-corrected chi connectivity index (χ3v) is 2.02. The molecule has 0 bridgehead atoms. The largest absolute Gasteiger partial charge is 0.478 e. The zero-order chi connectivity index (χ0) is 11.6. The van der Waals surface area contributed by atoms with Gasteiger partial charge < -0.3 is 5.11 Å². The van der Waals surface area contributed by atoms with Crippen LogP contribution in [0.15, 0.2) is 22.9 Å². The van der Waals surface area contributed by atoms with Gasteiger partial charge in [-0.15, -0.1) is 0 Å². The Labute approximate surface area is 89.3 Å². The number of nitriles is 1. The fraction of sp³-hybridized carbons (Fsp3) is 0.125. The quantitative estimate of drug-likeness (QED) is 0.423. The molecule has 6 nitrogen and oxygen atoms in total. The van der Waals surface area contributed by atoms with Gasteiger partial charge in [-0.25, -0.2) is 4.79 Å². The van der Waals surface area contributed by atoms with Gasteiger partial charge in [0.1, 0.15) is 17.2 Å². The first kappa shape index (κ1) is 11.0. The van der Waals surface area contributed by atoms with Gasteiger partial charge in [-0.05, 0) is 6.08 Å². The molecule has 0 fully saturated rings. The number of allylic oxidation sites excluding steroid dienone is 2. The van der Waals surface area contributed by atoms with Crippen molar-refractivity contribution in [2.75, 3.05) is 0 Å². The summed E-state index contributed by atoms with van der Waals surface area (Å²) in [5.74, 6) is -1.43. The van der Waals surface area contributed by atoms with Crippen molar-refractivity contribution in [3.05, 3.63) is 33.0 Å². The van der Waals surface area contributed by atoms with Crippen LogP contribution in [0.4, 0.5) is 0 Å². The first-order valence-electron chi connectivity index (χ1n) is 3.73. The van der Waals surface area contributed by atoms with Crippen molar-refractivity contribution in [3.63, 3.8) is 0 Å². The maximum atomic E-state index is 10.7. The standard InChI is InChI=1S/C8H4N2O4S/c9-3-4-1-5(15)2-6(8(11)12)7(4)10(13)14/h1H,2H2,(H,11,12). The minimum Gasteiger partial charge on any atom is -0.478 e. The number of rotatable bonds is 2. The number of hydrogen-bond acceptors (Lipinski definition) is 5. The minimum absolute atomic E-state index is 0.188. The predicted molar refractivity (Wildman–Crippen MR) is 52.6 cm³/mol. The first-order chi connectivity index (χ1) is 6.97. The Morgan fingerprint density at radius 2 is 2.33 bits per heavy atom. The smallest absolute Gasteiger partial charge is 0.338 e. The molecule has 0 aromatic carbocycles. The number of aliphatic carboxylic acids is 1. The average Bonchev–Trinajstić information content (AvgIpc) is 2.15. The number of nitro groups is 1. The van der Waals surface area contributed by atoms with Gasteiger partial charge in [-0.3, -0.25) is 10.1 Å². The number of nitrogens with zero attached hydrogens (tertiary/aromatic N) is 2. The van der Waals surface area contributed by atoms with Crippen molar-refractivity contribution in [3.8, 4) is 6.07 Å². The van der Waals surface area contributed by atoms with E-state index in [1.165, 1.54) is 0 Å². The maximum Gasteiger partial charge on any atom is 0.338 e. The van der Waals surface area contributed by atoms with E-state index in [2.05, 4.69) is 0 Å². The van der Waals surface area contributed by atoms with E-state index < -0.39 is 22.2 Å². The molecule has 7 heteroatoms. The zero-order valence-corrected chi connectivity index (χ0v) is 8.08. The molecule has 0 unspecified atom stereocenters. The van der Waals surface area contributed by atoms with Crippen molar-refractivity contribution in [2.24, 2.45) is 0 Å². The molecule has 1 aliphatic carbocycles. The number of carboxylic acids is 1. The molecule has 0 aromatic rings. The van der Waals surface area contributed by atoms with Crippen LogP contribution < -0.4 is 0 Å². The van der Waals surface area contributed by atoms with E-state index in [1.54, 1.807) is 6.07 Å². The van der Waals surface area contributed by atoms with E-state index in [1.807, 2.05) is 0 Å². The van der Waals surface area contributed by atoms with Crippen LogP contribution in [0.25, 0.3) is 0 Å². The molecule has 0 saturated carbocycles. The molecule has 0 spiro atoms. The van der Waals surface area contributed by atoms with Crippen LogP contribution in [-0.4, -0.2) is 20.9 Å². The summed E-state index contributed by atoms with van der Waals surface area (Å²) in [6, 6.07) is 1.56. The van der Waals surface area contributed by atoms with Crippen LogP contribution in [0, 0.1) is 21.4 Å². The zero-order valence-electron chi connectivity index (χ0n) is 7.26. The highest BCUT2D eigenvalue weighted by atomic mass is 32.1. The van der Waals surface area contributed by atoms with E-state index >= 15 is 0 Å². The Hall–Kier alpha value is -2.07. The lowest BCUT2D eigenvalue weighted by molar-refractivity contribution is -0.421. The second-order valence-electron chi connectivity index (χ2n) is 2.70. The summed E-state index contributed by atoms with van der Waals surface area (Å²) >= 11 is 4.74. The van der Waals surface area contributed by atoms with Crippen LogP contribution in [-0.2, 0) is 4.79 Å². The van der Waals surface area contributed by atoms with Gasteiger partial charge in [0.05, 0.1) is 4.92 Å². The van der Waals surface area contributed by atoms with Crippen LogP contribution in [0.3, 0.4) is 0 Å². The van der Waals surface area contributed by atoms with Gasteiger partial charge >= 0.3 is 5.97 Å². The molecular weight excluding hydrogens is 220 g/mol. The fourth-order valence-corrected chi connectivity index (χ4v) is 1.43. The Bertz CT molecular complexity index is 470. The normalized spacial score (nSPS) is 15.7. The van der Waals surface area contributed by atoms with Crippen molar-refractivity contribution < 1.29 is 14.8 Å². The molecule has 0 heterocycles. The lowest BCUT2D eigenvalue weighted by Gasteiger charge is -2.08. The summed E-state index contributed by atoms with van der Waals surface area (Å²) in [6.45, 7) is 0. The van der Waals surface area contributed by atoms with Gasteiger partial charge in [0.25, 0.3) is 5.70 Å². The van der Waals surface area contributed by atoms with E-state index in [4.69, 9.17) is 22.6 Å². The molecular formula is C8H4N2O4S. The number of thiocarbonyl (C=S) groups is 1. The molecule has 0 aromatic heterocycles. The SMILES string of the molecule is N#CC1=CC(=S)CC(C(=O)O)=C1[N+](=O)[O-]. The second kappa shape index (κ2) is 3.98. The first-order valence-corrected chi connectivity index (χ1v) is 4.14. The van der Waals surface area contributed by atoms with E-state index in [0.29, 0.717) is 0 Å². The monoisotopic (exact) mass is 224 g/mol. The van der Waals surface area contributed by atoms with Gasteiger partial charge in [0.2, 0.25) is 0 Å². The lowest BCUT2D eigenvalue weighted by Crippen LogP contribution is -2.18. The number of carboxylic acid groups (broad SMARTS) is 1. The lowest BCUT2D eigenvalue weighted by atomic mass is 9.96. The predicted octanol–water partition coefficient (Wildman–Crippen LogP) is 0.825. The van der Waals surface area contributed by atoms with E-state index in [-0.39, 0.29) is 16.9 Å². The molecule has 15 heavy (non-hydrogen) atoms. The summed E-state index contributed by atoms with van der Waals surface area (Å²) in [5, 5.41) is 27.9. The topological polar surface area (TPSA) is 104 Å². The molecule has 0 amide bonds. The molecule has 0 saturated heterocycles. The molecule has 1 rings (SSSR count). The Kier molecular flexibility index (Phi) is 2.92. The van der Waals surface area contributed by atoms with Crippen LogP contribution in [0.2, 0.25) is 0 Å². The molecule has 1 aliphatic rings. The summed E-state index contributed by atoms with van der Waals surface area (Å²) in [5.41, 5.74) is -1.42. The Morgan fingerprint density at radius 3 is 2.73 bits per heavy atom. The molecule has 0 radical (unpaired) electrons. The maximum absolute atomic E-state index is 10.7. The van der Waals surface area contributed by atoms with Gasteiger partial charge in [-0.1, -0.05) is 12.2 Å². The van der Waals surface area contributed by atoms with Crippen molar-refractivity contribution in [1.29, 1.82) is 5.26 Å².